The van der Waals surface area contributed by atoms with E-state index in [0.717, 1.165) is 18.5 Å². The van der Waals surface area contributed by atoms with Crippen LogP contribution in [0, 0.1) is 0 Å². The lowest BCUT2D eigenvalue weighted by atomic mass is 10.2. The molecular weight excluding hydrogens is 252 g/mol. The maximum atomic E-state index is 11.4. The zero-order chi connectivity index (χ0) is 13.5. The van der Waals surface area contributed by atoms with Crippen molar-refractivity contribution in [3.8, 4) is 0 Å². The van der Waals surface area contributed by atoms with E-state index in [1.807, 2.05) is 13.8 Å². The zero-order valence-electron chi connectivity index (χ0n) is 10.6. The van der Waals surface area contributed by atoms with E-state index >= 15 is 0 Å². The van der Waals surface area contributed by atoms with Crippen molar-refractivity contribution in [2.24, 2.45) is 0 Å². The molecule has 0 fully saturated rings. The van der Waals surface area contributed by atoms with Crippen LogP contribution in [-0.4, -0.2) is 26.3 Å². The molecule has 1 aromatic heterocycles. The van der Waals surface area contributed by atoms with Gasteiger partial charge < -0.3 is 10.1 Å². The summed E-state index contributed by atoms with van der Waals surface area (Å²) in [5.41, 5.74) is 0.635. The largest absolute Gasteiger partial charge is 0.481 e. The molecule has 0 radical (unpaired) electrons. The van der Waals surface area contributed by atoms with E-state index in [-0.39, 0.29) is 17.2 Å². The number of hydrogen-bond donors (Lipinski definition) is 2. The molecule has 0 saturated carbocycles. The van der Waals surface area contributed by atoms with E-state index in [1.165, 1.54) is 17.8 Å². The highest BCUT2D eigenvalue weighted by molar-refractivity contribution is 7.99. The van der Waals surface area contributed by atoms with Crippen LogP contribution in [0.5, 0.6) is 0 Å². The predicted molar refractivity (Wildman–Crippen MR) is 71.0 cm³/mol. The van der Waals surface area contributed by atoms with Crippen LogP contribution in [-0.2, 0) is 11.2 Å². The van der Waals surface area contributed by atoms with Crippen molar-refractivity contribution in [3.05, 3.63) is 22.1 Å². The van der Waals surface area contributed by atoms with E-state index in [2.05, 4.69) is 9.97 Å². The molecule has 0 aromatic carbocycles. The number of aromatic amines is 1. The van der Waals surface area contributed by atoms with Gasteiger partial charge >= 0.3 is 5.97 Å². The summed E-state index contributed by atoms with van der Waals surface area (Å²) in [7, 11) is 0. The molecule has 100 valence electrons. The number of nitrogens with zero attached hydrogens (tertiary/aromatic N) is 1. The van der Waals surface area contributed by atoms with Crippen molar-refractivity contribution >= 4 is 17.7 Å². The molecule has 5 nitrogen and oxygen atoms in total. The van der Waals surface area contributed by atoms with Crippen LogP contribution >= 0.6 is 11.8 Å². The molecule has 1 rings (SSSR count). The van der Waals surface area contributed by atoms with Gasteiger partial charge in [-0.15, -0.1) is 0 Å². The second-order valence-corrected chi connectivity index (χ2v) is 5.58. The van der Waals surface area contributed by atoms with Crippen molar-refractivity contribution < 1.29 is 9.90 Å². The number of carboxylic acid groups (broad SMARTS) is 1. The topological polar surface area (TPSA) is 83.0 Å². The third-order valence-electron chi connectivity index (χ3n) is 2.36. The number of aryl methyl sites for hydroxylation is 1. The predicted octanol–water partition coefficient (Wildman–Crippen LogP) is 2.07. The van der Waals surface area contributed by atoms with Crippen LogP contribution in [0.4, 0.5) is 0 Å². The first-order valence-electron chi connectivity index (χ1n) is 6.00. The summed E-state index contributed by atoms with van der Waals surface area (Å²) in [4.78, 5) is 28.9. The van der Waals surface area contributed by atoms with Crippen LogP contribution in [0.2, 0.25) is 0 Å². The van der Waals surface area contributed by atoms with E-state index in [9.17, 15) is 9.59 Å². The number of aromatic nitrogens is 2. The minimum absolute atomic E-state index is 0.112. The highest BCUT2D eigenvalue weighted by Gasteiger charge is 2.09. The van der Waals surface area contributed by atoms with Gasteiger partial charge in [-0.3, -0.25) is 9.59 Å². The van der Waals surface area contributed by atoms with Gasteiger partial charge in [0.15, 0.2) is 5.16 Å². The molecular formula is C12H18N2O3S. The molecule has 1 atom stereocenters. The van der Waals surface area contributed by atoms with Crippen LogP contribution in [0.25, 0.3) is 0 Å². The second kappa shape index (κ2) is 7.20. The van der Waals surface area contributed by atoms with Crippen molar-refractivity contribution in [1.82, 2.24) is 9.97 Å². The van der Waals surface area contributed by atoms with Gasteiger partial charge in [0.05, 0.1) is 0 Å². The number of hydrogen-bond acceptors (Lipinski definition) is 4. The van der Waals surface area contributed by atoms with Crippen molar-refractivity contribution in [2.75, 3.05) is 0 Å². The molecule has 18 heavy (non-hydrogen) atoms. The first-order chi connectivity index (χ1) is 8.51. The molecule has 6 heteroatoms. The summed E-state index contributed by atoms with van der Waals surface area (Å²) >= 11 is 1.41. The average molecular weight is 270 g/mol. The first kappa shape index (κ1) is 14.8. The lowest BCUT2D eigenvalue weighted by molar-refractivity contribution is -0.137. The smallest absolute Gasteiger partial charge is 0.303 e. The zero-order valence-corrected chi connectivity index (χ0v) is 11.4. The van der Waals surface area contributed by atoms with Crippen molar-refractivity contribution in [3.63, 3.8) is 0 Å². The Morgan fingerprint density at radius 3 is 2.94 bits per heavy atom. The third-order valence-corrected chi connectivity index (χ3v) is 3.41. The number of thioether (sulfide) groups is 1. The Kier molecular flexibility index (Phi) is 5.91. The second-order valence-electron chi connectivity index (χ2n) is 4.15. The molecule has 0 amide bonds. The SMILES string of the molecule is CCCc1cc(=O)[nH]c(SC(C)CCC(=O)O)n1. The molecule has 0 aliphatic heterocycles. The summed E-state index contributed by atoms with van der Waals surface area (Å²) in [5.74, 6) is -0.802. The molecule has 0 bridgehead atoms. The van der Waals surface area contributed by atoms with E-state index in [1.54, 1.807) is 0 Å². The summed E-state index contributed by atoms with van der Waals surface area (Å²) < 4.78 is 0. The van der Waals surface area contributed by atoms with Gasteiger partial charge in [-0.2, -0.15) is 0 Å². The van der Waals surface area contributed by atoms with Gasteiger partial charge in [0.25, 0.3) is 5.56 Å². The minimum atomic E-state index is -0.802. The molecule has 0 spiro atoms. The Morgan fingerprint density at radius 2 is 2.33 bits per heavy atom. The number of rotatable bonds is 7. The van der Waals surface area contributed by atoms with Gasteiger partial charge in [0.2, 0.25) is 0 Å². The van der Waals surface area contributed by atoms with E-state index in [0.29, 0.717) is 11.6 Å². The molecule has 2 N–H and O–H groups in total. The Morgan fingerprint density at radius 1 is 1.61 bits per heavy atom. The van der Waals surface area contributed by atoms with Crippen molar-refractivity contribution in [2.45, 2.75) is 49.9 Å². The van der Waals surface area contributed by atoms with Gasteiger partial charge in [0, 0.05) is 23.4 Å². The Labute approximate surface area is 110 Å². The summed E-state index contributed by atoms with van der Waals surface area (Å²) in [6.45, 7) is 3.96. The van der Waals surface area contributed by atoms with Gasteiger partial charge in [-0.05, 0) is 12.8 Å². The normalized spacial score (nSPS) is 12.3. The van der Waals surface area contributed by atoms with Gasteiger partial charge in [-0.25, -0.2) is 4.98 Å². The number of aliphatic carboxylic acids is 1. The van der Waals surface area contributed by atoms with Crippen molar-refractivity contribution in [1.29, 1.82) is 0 Å². The highest BCUT2D eigenvalue weighted by atomic mass is 32.2. The number of H-pyrrole nitrogens is 1. The van der Waals surface area contributed by atoms with Gasteiger partial charge in [-0.1, -0.05) is 32.0 Å². The number of carbonyl (C=O) groups is 1. The Hall–Kier alpha value is -1.30. The Balaban J connectivity index is 2.65. The van der Waals surface area contributed by atoms with E-state index < -0.39 is 5.97 Å². The molecule has 1 heterocycles. The fraction of sp³-hybridized carbons (Fsp3) is 0.583. The Bertz CT molecular complexity index is 459. The first-order valence-corrected chi connectivity index (χ1v) is 6.88. The van der Waals surface area contributed by atoms with Crippen LogP contribution in [0.1, 0.15) is 38.8 Å². The average Bonchev–Trinajstić information content (AvgIpc) is 2.26. The third kappa shape index (κ3) is 5.35. The van der Waals surface area contributed by atoms with Crippen LogP contribution < -0.4 is 5.56 Å². The molecule has 0 aliphatic carbocycles. The number of nitrogens with one attached hydrogen (secondary N) is 1. The fourth-order valence-electron chi connectivity index (χ4n) is 1.50. The van der Waals surface area contributed by atoms with Crippen LogP contribution in [0.3, 0.4) is 0 Å². The maximum Gasteiger partial charge on any atom is 0.303 e. The van der Waals surface area contributed by atoms with Gasteiger partial charge in [0.1, 0.15) is 0 Å². The minimum Gasteiger partial charge on any atom is -0.481 e. The summed E-state index contributed by atoms with van der Waals surface area (Å²) in [5, 5.41) is 9.29. The molecule has 1 aromatic rings. The monoisotopic (exact) mass is 270 g/mol. The summed E-state index contributed by atoms with van der Waals surface area (Å²) in [6, 6.07) is 1.51. The maximum absolute atomic E-state index is 11.4. The van der Waals surface area contributed by atoms with E-state index in [4.69, 9.17) is 5.11 Å². The molecule has 1 unspecified atom stereocenters. The van der Waals surface area contributed by atoms with Crippen LogP contribution in [0.15, 0.2) is 16.0 Å². The quantitative estimate of drug-likeness (QED) is 0.585. The summed E-state index contributed by atoms with van der Waals surface area (Å²) in [6.07, 6.45) is 2.41. The fourth-order valence-corrected chi connectivity index (χ4v) is 2.45. The molecule has 0 saturated heterocycles. The number of carboxylic acids is 1. The lowest BCUT2D eigenvalue weighted by Gasteiger charge is -2.09. The lowest BCUT2D eigenvalue weighted by Crippen LogP contribution is -2.11. The highest BCUT2D eigenvalue weighted by Crippen LogP contribution is 2.22. The molecule has 0 aliphatic rings. The standard InChI is InChI=1S/C12H18N2O3S/c1-3-4-9-7-10(15)14-12(13-9)18-8(2)5-6-11(16)17/h7-8H,3-6H2,1-2H3,(H,16,17)(H,13,14,15).